The van der Waals surface area contributed by atoms with Crippen LogP contribution < -0.4 is 19.5 Å². The standard InChI is InChI=1S/C22H24ClN3O4/c1-15-19(22(23)26(25-15)12-16-5-3-2-4-6-16)11-24-10-17(27)13-28-18-7-8-20-21(9-18)30-14-29-20/h2-9,17,24,27H,10-14H2,1H3. The molecular weight excluding hydrogens is 406 g/mol. The van der Waals surface area contributed by atoms with Crippen LogP contribution in [0.2, 0.25) is 5.15 Å². The molecule has 158 valence electrons. The predicted molar refractivity (Wildman–Crippen MR) is 113 cm³/mol. The number of aliphatic hydroxyl groups excluding tert-OH is 1. The number of fused-ring (bicyclic) bond motifs is 1. The third-order valence-electron chi connectivity index (χ3n) is 4.83. The Morgan fingerprint density at radius 2 is 2.00 bits per heavy atom. The molecule has 0 amide bonds. The summed E-state index contributed by atoms with van der Waals surface area (Å²) in [5.74, 6) is 1.97. The Hall–Kier alpha value is -2.74. The van der Waals surface area contributed by atoms with E-state index in [1.54, 1.807) is 22.9 Å². The van der Waals surface area contributed by atoms with Gasteiger partial charge in [0.15, 0.2) is 11.5 Å². The van der Waals surface area contributed by atoms with Crippen LogP contribution in [-0.2, 0) is 13.1 Å². The Balaban J connectivity index is 1.25. The number of hydrogen-bond donors (Lipinski definition) is 2. The Bertz CT molecular complexity index is 994. The first-order chi connectivity index (χ1) is 14.6. The quantitative estimate of drug-likeness (QED) is 0.544. The second-order valence-electron chi connectivity index (χ2n) is 7.11. The lowest BCUT2D eigenvalue weighted by Crippen LogP contribution is -2.31. The van der Waals surface area contributed by atoms with E-state index in [9.17, 15) is 5.11 Å². The lowest BCUT2D eigenvalue weighted by molar-refractivity contribution is 0.106. The number of rotatable bonds is 9. The van der Waals surface area contributed by atoms with Gasteiger partial charge in [0.1, 0.15) is 23.6 Å². The fourth-order valence-electron chi connectivity index (χ4n) is 3.23. The highest BCUT2D eigenvalue weighted by atomic mass is 35.5. The minimum Gasteiger partial charge on any atom is -0.491 e. The molecule has 0 saturated heterocycles. The van der Waals surface area contributed by atoms with Gasteiger partial charge in [-0.2, -0.15) is 5.10 Å². The Morgan fingerprint density at radius 3 is 2.83 bits per heavy atom. The normalized spacial score (nSPS) is 13.4. The summed E-state index contributed by atoms with van der Waals surface area (Å²) in [5.41, 5.74) is 2.93. The van der Waals surface area contributed by atoms with Crippen molar-refractivity contribution in [2.75, 3.05) is 19.9 Å². The largest absolute Gasteiger partial charge is 0.491 e. The monoisotopic (exact) mass is 429 g/mol. The van der Waals surface area contributed by atoms with Gasteiger partial charge in [0.25, 0.3) is 0 Å². The van der Waals surface area contributed by atoms with Gasteiger partial charge in [0.2, 0.25) is 6.79 Å². The maximum absolute atomic E-state index is 10.2. The van der Waals surface area contributed by atoms with Crippen molar-refractivity contribution in [3.63, 3.8) is 0 Å². The zero-order chi connectivity index (χ0) is 20.9. The number of nitrogens with zero attached hydrogens (tertiary/aromatic N) is 2. The molecule has 0 aliphatic carbocycles. The zero-order valence-corrected chi connectivity index (χ0v) is 17.4. The second kappa shape index (κ2) is 9.38. The number of aromatic nitrogens is 2. The van der Waals surface area contributed by atoms with Crippen molar-refractivity contribution in [1.82, 2.24) is 15.1 Å². The zero-order valence-electron chi connectivity index (χ0n) is 16.7. The molecule has 2 N–H and O–H groups in total. The van der Waals surface area contributed by atoms with Crippen molar-refractivity contribution in [2.45, 2.75) is 26.1 Å². The third-order valence-corrected chi connectivity index (χ3v) is 5.25. The average molecular weight is 430 g/mol. The molecule has 0 fully saturated rings. The van der Waals surface area contributed by atoms with Crippen molar-refractivity contribution < 1.29 is 19.3 Å². The Kier molecular flexibility index (Phi) is 6.42. The van der Waals surface area contributed by atoms with Gasteiger partial charge in [-0.3, -0.25) is 0 Å². The van der Waals surface area contributed by atoms with Gasteiger partial charge in [-0.15, -0.1) is 0 Å². The van der Waals surface area contributed by atoms with E-state index in [0.29, 0.717) is 42.0 Å². The molecule has 1 atom stereocenters. The topological polar surface area (TPSA) is 77.8 Å². The van der Waals surface area contributed by atoms with Crippen LogP contribution in [-0.4, -0.2) is 40.9 Å². The van der Waals surface area contributed by atoms with Crippen LogP contribution in [0.15, 0.2) is 48.5 Å². The summed E-state index contributed by atoms with van der Waals surface area (Å²) in [5, 5.41) is 18.6. The number of ether oxygens (including phenoxy) is 3. The van der Waals surface area contributed by atoms with Gasteiger partial charge in [-0.05, 0) is 24.6 Å². The first-order valence-electron chi connectivity index (χ1n) is 9.77. The van der Waals surface area contributed by atoms with E-state index < -0.39 is 6.10 Å². The fraction of sp³-hybridized carbons (Fsp3) is 0.318. The molecule has 7 nitrogen and oxygen atoms in total. The molecule has 1 unspecified atom stereocenters. The van der Waals surface area contributed by atoms with E-state index in [0.717, 1.165) is 16.8 Å². The fourth-order valence-corrected chi connectivity index (χ4v) is 3.54. The molecule has 2 aromatic carbocycles. The molecule has 0 spiro atoms. The summed E-state index contributed by atoms with van der Waals surface area (Å²) in [6, 6.07) is 15.4. The highest BCUT2D eigenvalue weighted by Gasteiger charge is 2.16. The number of benzene rings is 2. The smallest absolute Gasteiger partial charge is 0.231 e. The molecule has 2 heterocycles. The van der Waals surface area contributed by atoms with Gasteiger partial charge >= 0.3 is 0 Å². The van der Waals surface area contributed by atoms with Gasteiger partial charge in [-0.1, -0.05) is 41.9 Å². The molecule has 1 aliphatic heterocycles. The van der Waals surface area contributed by atoms with Crippen LogP contribution in [0.5, 0.6) is 17.2 Å². The van der Waals surface area contributed by atoms with Crippen LogP contribution in [0, 0.1) is 6.92 Å². The van der Waals surface area contributed by atoms with Crippen LogP contribution in [0.3, 0.4) is 0 Å². The highest BCUT2D eigenvalue weighted by Crippen LogP contribution is 2.35. The van der Waals surface area contributed by atoms with Gasteiger partial charge in [0, 0.05) is 24.7 Å². The van der Waals surface area contributed by atoms with Crippen molar-refractivity contribution >= 4 is 11.6 Å². The molecule has 1 aliphatic rings. The minimum absolute atomic E-state index is 0.159. The summed E-state index contributed by atoms with van der Waals surface area (Å²) < 4.78 is 18.0. The van der Waals surface area contributed by atoms with Crippen LogP contribution in [0.25, 0.3) is 0 Å². The summed E-state index contributed by atoms with van der Waals surface area (Å²) in [4.78, 5) is 0. The molecule has 0 saturated carbocycles. The summed E-state index contributed by atoms with van der Waals surface area (Å²) in [6.45, 7) is 3.81. The number of aryl methyl sites for hydroxylation is 1. The van der Waals surface area contributed by atoms with Crippen LogP contribution in [0.1, 0.15) is 16.8 Å². The molecule has 1 aromatic heterocycles. The van der Waals surface area contributed by atoms with E-state index in [4.69, 9.17) is 25.8 Å². The minimum atomic E-state index is -0.672. The molecule has 8 heteroatoms. The molecule has 30 heavy (non-hydrogen) atoms. The van der Waals surface area contributed by atoms with E-state index in [-0.39, 0.29) is 13.4 Å². The molecular formula is C22H24ClN3O4. The first-order valence-corrected chi connectivity index (χ1v) is 10.1. The van der Waals surface area contributed by atoms with Crippen molar-refractivity contribution in [1.29, 1.82) is 0 Å². The lowest BCUT2D eigenvalue weighted by atomic mass is 10.2. The van der Waals surface area contributed by atoms with E-state index >= 15 is 0 Å². The van der Waals surface area contributed by atoms with E-state index in [2.05, 4.69) is 10.4 Å². The predicted octanol–water partition coefficient (Wildman–Crippen LogP) is 3.15. The van der Waals surface area contributed by atoms with Crippen LogP contribution >= 0.6 is 11.6 Å². The Morgan fingerprint density at radius 1 is 1.20 bits per heavy atom. The third kappa shape index (κ3) is 4.87. The molecule has 0 radical (unpaired) electrons. The highest BCUT2D eigenvalue weighted by molar-refractivity contribution is 6.30. The molecule has 0 bridgehead atoms. The summed E-state index contributed by atoms with van der Waals surface area (Å²) in [7, 11) is 0. The number of nitrogens with one attached hydrogen (secondary N) is 1. The van der Waals surface area contributed by atoms with E-state index in [1.807, 2.05) is 37.3 Å². The van der Waals surface area contributed by atoms with Crippen molar-refractivity contribution in [3.8, 4) is 17.2 Å². The van der Waals surface area contributed by atoms with Crippen molar-refractivity contribution in [3.05, 3.63) is 70.5 Å². The molecule has 4 rings (SSSR count). The van der Waals surface area contributed by atoms with Gasteiger partial charge in [-0.25, -0.2) is 4.68 Å². The van der Waals surface area contributed by atoms with Gasteiger partial charge < -0.3 is 24.6 Å². The first kappa shape index (κ1) is 20.5. The average Bonchev–Trinajstić information content (AvgIpc) is 3.32. The van der Waals surface area contributed by atoms with Crippen molar-refractivity contribution in [2.24, 2.45) is 0 Å². The maximum atomic E-state index is 10.2. The van der Waals surface area contributed by atoms with Crippen LogP contribution in [0.4, 0.5) is 0 Å². The number of hydrogen-bond acceptors (Lipinski definition) is 6. The maximum Gasteiger partial charge on any atom is 0.231 e. The van der Waals surface area contributed by atoms with E-state index in [1.165, 1.54) is 0 Å². The summed E-state index contributed by atoms with van der Waals surface area (Å²) in [6.07, 6.45) is -0.672. The second-order valence-corrected chi connectivity index (χ2v) is 7.47. The SMILES string of the molecule is Cc1nn(Cc2ccccc2)c(Cl)c1CNCC(O)COc1ccc2c(c1)OCO2. The number of aliphatic hydroxyl groups is 1. The Labute approximate surface area is 180 Å². The number of halogens is 1. The summed E-state index contributed by atoms with van der Waals surface area (Å²) >= 11 is 6.53. The molecule has 3 aromatic rings. The lowest BCUT2D eigenvalue weighted by Gasteiger charge is -2.13. The van der Waals surface area contributed by atoms with Gasteiger partial charge in [0.05, 0.1) is 12.2 Å².